The zero-order valence-electron chi connectivity index (χ0n) is 15.9. The first kappa shape index (κ1) is 23.1. The van der Waals surface area contributed by atoms with Crippen LogP contribution in [-0.4, -0.2) is 30.5 Å². The van der Waals surface area contributed by atoms with Crippen molar-refractivity contribution < 1.29 is 9.18 Å². The number of para-hydroxylation sites is 1. The predicted molar refractivity (Wildman–Crippen MR) is 120 cm³/mol. The van der Waals surface area contributed by atoms with Crippen molar-refractivity contribution in [1.82, 2.24) is 15.6 Å². The minimum Gasteiger partial charge on any atom is -0.352 e. The van der Waals surface area contributed by atoms with Crippen LogP contribution in [0.15, 0.2) is 54.6 Å². The molecule has 1 aliphatic heterocycles. The van der Waals surface area contributed by atoms with Gasteiger partial charge in [-0.15, -0.1) is 24.8 Å². The number of hydrogen-bond acceptors (Lipinski definition) is 3. The maximum Gasteiger partial charge on any atom is 0.252 e. The summed E-state index contributed by atoms with van der Waals surface area (Å²) < 4.78 is 13.3. The number of benzene rings is 2. The Kier molecular flexibility index (Phi) is 8.38. The van der Waals surface area contributed by atoms with Gasteiger partial charge in [0.05, 0.1) is 16.8 Å². The zero-order chi connectivity index (χ0) is 18.6. The Bertz CT molecular complexity index is 960. The second kappa shape index (κ2) is 10.5. The Morgan fingerprint density at radius 1 is 1.14 bits per heavy atom. The summed E-state index contributed by atoms with van der Waals surface area (Å²) in [6.45, 7) is 2.66. The van der Waals surface area contributed by atoms with Gasteiger partial charge in [0.25, 0.3) is 5.91 Å². The largest absolute Gasteiger partial charge is 0.352 e. The van der Waals surface area contributed by atoms with Gasteiger partial charge < -0.3 is 10.6 Å². The van der Waals surface area contributed by atoms with Crippen LogP contribution in [0.3, 0.4) is 0 Å². The number of aromatic nitrogens is 1. The summed E-state index contributed by atoms with van der Waals surface area (Å²) in [4.78, 5) is 17.6. The maximum atomic E-state index is 13.3. The molecule has 0 spiro atoms. The van der Waals surface area contributed by atoms with Gasteiger partial charge in [0.15, 0.2) is 0 Å². The van der Waals surface area contributed by atoms with E-state index in [1.165, 1.54) is 12.1 Å². The van der Waals surface area contributed by atoms with Gasteiger partial charge in [0.1, 0.15) is 5.82 Å². The van der Waals surface area contributed by atoms with Gasteiger partial charge in [-0.3, -0.25) is 4.79 Å². The summed E-state index contributed by atoms with van der Waals surface area (Å²) in [5, 5.41) is 7.27. The van der Waals surface area contributed by atoms with Crippen molar-refractivity contribution in [3.05, 3.63) is 66.0 Å². The van der Waals surface area contributed by atoms with Crippen LogP contribution in [0.4, 0.5) is 4.39 Å². The van der Waals surface area contributed by atoms with Crippen molar-refractivity contribution in [2.75, 3.05) is 19.6 Å². The van der Waals surface area contributed by atoms with Gasteiger partial charge >= 0.3 is 0 Å². The number of pyridine rings is 1. The van der Waals surface area contributed by atoms with Gasteiger partial charge in [0.2, 0.25) is 0 Å². The van der Waals surface area contributed by atoms with Crippen molar-refractivity contribution in [3.8, 4) is 11.3 Å². The molecule has 1 aromatic heterocycles. The quantitative estimate of drug-likeness (QED) is 0.628. The molecule has 3 aromatic rings. The maximum absolute atomic E-state index is 13.3. The third-order valence-electron chi connectivity index (χ3n) is 5.05. The van der Waals surface area contributed by atoms with E-state index in [1.54, 1.807) is 18.2 Å². The van der Waals surface area contributed by atoms with Gasteiger partial charge in [-0.25, -0.2) is 9.37 Å². The van der Waals surface area contributed by atoms with E-state index >= 15 is 0 Å². The minimum absolute atomic E-state index is 0. The fourth-order valence-electron chi connectivity index (χ4n) is 3.56. The molecule has 2 aromatic carbocycles. The molecule has 1 saturated heterocycles. The monoisotopic (exact) mass is 435 g/mol. The van der Waals surface area contributed by atoms with E-state index in [9.17, 15) is 9.18 Å². The fourth-order valence-corrected chi connectivity index (χ4v) is 3.56. The lowest BCUT2D eigenvalue weighted by Crippen LogP contribution is -2.38. The summed E-state index contributed by atoms with van der Waals surface area (Å²) in [6, 6.07) is 15.6. The number of fused-ring (bicyclic) bond motifs is 1. The lowest BCUT2D eigenvalue weighted by atomic mass is 9.99. The Labute approximate surface area is 182 Å². The van der Waals surface area contributed by atoms with Crippen LogP contribution in [0.1, 0.15) is 23.2 Å². The molecule has 1 amide bonds. The first-order valence-corrected chi connectivity index (χ1v) is 9.35. The van der Waals surface area contributed by atoms with Gasteiger partial charge in [-0.2, -0.15) is 0 Å². The van der Waals surface area contributed by atoms with Crippen LogP contribution < -0.4 is 10.6 Å². The highest BCUT2D eigenvalue weighted by Crippen LogP contribution is 2.25. The molecule has 1 aliphatic rings. The van der Waals surface area contributed by atoms with E-state index in [1.807, 2.05) is 24.3 Å². The molecule has 7 heteroatoms. The zero-order valence-corrected chi connectivity index (χ0v) is 17.5. The number of amides is 1. The topological polar surface area (TPSA) is 54.0 Å². The van der Waals surface area contributed by atoms with Crippen molar-refractivity contribution in [3.63, 3.8) is 0 Å². The third-order valence-corrected chi connectivity index (χ3v) is 5.05. The Morgan fingerprint density at radius 3 is 2.62 bits per heavy atom. The molecule has 0 radical (unpaired) electrons. The second-order valence-electron chi connectivity index (χ2n) is 7.00. The van der Waals surface area contributed by atoms with Crippen LogP contribution in [0.5, 0.6) is 0 Å². The van der Waals surface area contributed by atoms with Gasteiger partial charge in [-0.05, 0) is 68.2 Å². The molecule has 1 fully saturated rings. The molecule has 2 heterocycles. The molecule has 4 rings (SSSR count). The van der Waals surface area contributed by atoms with Crippen molar-refractivity contribution in [2.45, 2.75) is 12.8 Å². The normalized spacial score (nSPS) is 15.8. The predicted octanol–water partition coefficient (Wildman–Crippen LogP) is 4.61. The van der Waals surface area contributed by atoms with E-state index < -0.39 is 0 Å². The molecular weight excluding hydrogens is 412 g/mol. The van der Waals surface area contributed by atoms with Crippen molar-refractivity contribution >= 4 is 41.6 Å². The van der Waals surface area contributed by atoms with E-state index in [-0.39, 0.29) is 36.5 Å². The van der Waals surface area contributed by atoms with Crippen LogP contribution in [-0.2, 0) is 0 Å². The SMILES string of the molecule is Cl.Cl.O=C(NCC1CCCNC1)c1cc(-c2ccc(F)cc2)nc2ccccc12. The van der Waals surface area contributed by atoms with Crippen LogP contribution >= 0.6 is 24.8 Å². The van der Waals surface area contributed by atoms with Gasteiger partial charge in [-0.1, -0.05) is 18.2 Å². The molecule has 0 bridgehead atoms. The lowest BCUT2D eigenvalue weighted by molar-refractivity contribution is 0.0946. The van der Waals surface area contributed by atoms with E-state index in [2.05, 4.69) is 15.6 Å². The number of carbonyl (C=O) groups is 1. The number of carbonyl (C=O) groups excluding carboxylic acids is 1. The third kappa shape index (κ3) is 5.44. The fraction of sp³-hybridized carbons (Fsp3) is 0.273. The molecule has 1 atom stereocenters. The molecular formula is C22H24Cl2FN3O. The highest BCUT2D eigenvalue weighted by molar-refractivity contribution is 6.07. The second-order valence-corrected chi connectivity index (χ2v) is 7.00. The molecule has 4 nitrogen and oxygen atoms in total. The first-order chi connectivity index (χ1) is 13.2. The number of rotatable bonds is 4. The average Bonchev–Trinajstić information content (AvgIpc) is 2.72. The summed E-state index contributed by atoms with van der Waals surface area (Å²) in [7, 11) is 0. The molecule has 0 aliphatic carbocycles. The number of hydrogen-bond donors (Lipinski definition) is 2. The Hall–Kier alpha value is -2.21. The Balaban J connectivity index is 0.00000150. The van der Waals surface area contributed by atoms with Crippen molar-refractivity contribution in [2.24, 2.45) is 5.92 Å². The lowest BCUT2D eigenvalue weighted by Gasteiger charge is -2.23. The summed E-state index contributed by atoms with van der Waals surface area (Å²) in [5.74, 6) is 0.0773. The number of nitrogens with one attached hydrogen (secondary N) is 2. The number of piperidine rings is 1. The number of halogens is 3. The number of nitrogens with zero attached hydrogens (tertiary/aromatic N) is 1. The standard InChI is InChI=1S/C22H22FN3O.2ClH/c23-17-9-7-16(8-10-17)21-12-19(18-5-1-2-6-20(18)26-21)22(27)25-14-15-4-3-11-24-13-15;;/h1-2,5-10,12,15,24H,3-4,11,13-14H2,(H,25,27);2*1H. The highest BCUT2D eigenvalue weighted by Gasteiger charge is 2.17. The first-order valence-electron chi connectivity index (χ1n) is 9.35. The summed E-state index contributed by atoms with van der Waals surface area (Å²) >= 11 is 0. The molecule has 1 unspecified atom stereocenters. The van der Waals surface area contributed by atoms with E-state index in [4.69, 9.17) is 0 Å². The Morgan fingerprint density at radius 2 is 1.90 bits per heavy atom. The molecule has 0 saturated carbocycles. The minimum atomic E-state index is -0.293. The smallest absolute Gasteiger partial charge is 0.252 e. The molecule has 154 valence electrons. The molecule has 29 heavy (non-hydrogen) atoms. The van der Waals surface area contributed by atoms with Crippen molar-refractivity contribution in [1.29, 1.82) is 0 Å². The van der Waals surface area contributed by atoms with E-state index in [0.717, 1.165) is 42.4 Å². The highest BCUT2D eigenvalue weighted by atomic mass is 35.5. The molecule has 2 N–H and O–H groups in total. The van der Waals surface area contributed by atoms with Crippen LogP contribution in [0, 0.1) is 11.7 Å². The summed E-state index contributed by atoms with van der Waals surface area (Å²) in [6.07, 6.45) is 2.28. The van der Waals surface area contributed by atoms with Gasteiger partial charge in [0, 0.05) is 17.5 Å². The van der Waals surface area contributed by atoms with Crippen LogP contribution in [0.25, 0.3) is 22.2 Å². The summed E-state index contributed by atoms with van der Waals surface area (Å²) in [5.41, 5.74) is 2.80. The van der Waals surface area contributed by atoms with E-state index in [0.29, 0.717) is 23.7 Å². The van der Waals surface area contributed by atoms with Crippen LogP contribution in [0.2, 0.25) is 0 Å². The average molecular weight is 436 g/mol.